The third-order valence-electron chi connectivity index (χ3n) is 2.77. The largest absolute Gasteiger partial charge is 0.395 e. The molecule has 0 bridgehead atoms. The van der Waals surface area contributed by atoms with Gasteiger partial charge in [0.05, 0.1) is 18.1 Å². The van der Waals surface area contributed by atoms with E-state index in [0.29, 0.717) is 10.0 Å². The van der Waals surface area contributed by atoms with Crippen LogP contribution in [0.3, 0.4) is 0 Å². The fraction of sp³-hybridized carbons (Fsp3) is 0.500. The third kappa shape index (κ3) is 3.76. The zero-order valence-corrected chi connectivity index (χ0v) is 13.3. The van der Waals surface area contributed by atoms with Crippen molar-refractivity contribution in [3.05, 3.63) is 27.7 Å². The molecule has 19 heavy (non-hydrogen) atoms. The summed E-state index contributed by atoms with van der Waals surface area (Å²) in [7, 11) is -3.71. The first-order valence-electron chi connectivity index (χ1n) is 5.83. The van der Waals surface area contributed by atoms with Gasteiger partial charge in [-0.05, 0) is 31.0 Å². The molecule has 2 N–H and O–H groups in total. The highest BCUT2D eigenvalue weighted by Crippen LogP contribution is 2.26. The van der Waals surface area contributed by atoms with Crippen LogP contribution in [0.5, 0.6) is 0 Å². The second-order valence-corrected chi connectivity index (χ2v) is 6.98. The van der Waals surface area contributed by atoms with Gasteiger partial charge >= 0.3 is 0 Å². The lowest BCUT2D eigenvalue weighted by atomic mass is 10.2. The summed E-state index contributed by atoms with van der Waals surface area (Å²) < 4.78 is 26.8. The molecule has 0 unspecified atom stereocenters. The maximum atomic E-state index is 12.5. The van der Waals surface area contributed by atoms with E-state index in [1.54, 1.807) is 19.1 Å². The van der Waals surface area contributed by atoms with Gasteiger partial charge in [0.2, 0.25) is 10.0 Å². The topological polar surface area (TPSA) is 77.8 Å². The minimum atomic E-state index is -3.71. The van der Waals surface area contributed by atoms with Crippen molar-refractivity contribution < 1.29 is 18.6 Å². The summed E-state index contributed by atoms with van der Waals surface area (Å²) in [4.78, 5) is 0.187. The number of nitrogens with zero attached hydrogens (tertiary/aromatic N) is 1. The Morgan fingerprint density at radius 1 is 1.11 bits per heavy atom. The summed E-state index contributed by atoms with van der Waals surface area (Å²) in [6.45, 7) is 2.97. The van der Waals surface area contributed by atoms with Crippen LogP contribution in [0.2, 0.25) is 0 Å². The normalized spacial score (nSPS) is 12.1. The van der Waals surface area contributed by atoms with Crippen LogP contribution in [-0.2, 0) is 10.0 Å². The summed E-state index contributed by atoms with van der Waals surface area (Å²) in [6, 6.07) is 3.34. The van der Waals surface area contributed by atoms with Gasteiger partial charge in [-0.1, -0.05) is 22.0 Å². The number of aliphatic hydroxyl groups excluding tert-OH is 2. The molecule has 0 aromatic heterocycles. The quantitative estimate of drug-likeness (QED) is 0.802. The first kappa shape index (κ1) is 16.6. The fourth-order valence-corrected chi connectivity index (χ4v) is 3.95. The van der Waals surface area contributed by atoms with Gasteiger partial charge in [-0.25, -0.2) is 8.42 Å². The second-order valence-electron chi connectivity index (χ2n) is 4.22. The SMILES string of the molecule is Cc1cc(C)c(S(=O)(=O)N(CCO)CCO)cc1Br. The van der Waals surface area contributed by atoms with Gasteiger partial charge < -0.3 is 10.2 Å². The molecular formula is C12H18BrNO4S. The van der Waals surface area contributed by atoms with Crippen LogP contribution in [0, 0.1) is 13.8 Å². The predicted octanol–water partition coefficient (Wildman–Crippen LogP) is 1.04. The molecule has 0 heterocycles. The van der Waals surface area contributed by atoms with Crippen LogP contribution in [0.15, 0.2) is 21.5 Å². The van der Waals surface area contributed by atoms with E-state index in [0.717, 1.165) is 9.87 Å². The summed E-state index contributed by atoms with van der Waals surface area (Å²) in [5, 5.41) is 17.9. The number of halogens is 1. The van der Waals surface area contributed by atoms with Crippen LogP contribution in [0.4, 0.5) is 0 Å². The Balaban J connectivity index is 3.28. The maximum Gasteiger partial charge on any atom is 0.243 e. The van der Waals surface area contributed by atoms with Crippen molar-refractivity contribution in [1.82, 2.24) is 4.31 Å². The molecule has 5 nitrogen and oxygen atoms in total. The van der Waals surface area contributed by atoms with Crippen LogP contribution in [0.25, 0.3) is 0 Å². The number of aryl methyl sites for hydroxylation is 2. The highest BCUT2D eigenvalue weighted by Gasteiger charge is 2.25. The lowest BCUT2D eigenvalue weighted by Crippen LogP contribution is -2.36. The molecule has 7 heteroatoms. The number of hydrogen-bond acceptors (Lipinski definition) is 4. The average molecular weight is 352 g/mol. The molecule has 1 aromatic carbocycles. The molecule has 108 valence electrons. The Labute approximate surface area is 122 Å². The maximum absolute atomic E-state index is 12.5. The number of benzene rings is 1. The van der Waals surface area contributed by atoms with Crippen molar-refractivity contribution in [2.45, 2.75) is 18.7 Å². The van der Waals surface area contributed by atoms with Crippen LogP contribution in [0.1, 0.15) is 11.1 Å². The van der Waals surface area contributed by atoms with E-state index in [4.69, 9.17) is 10.2 Å². The lowest BCUT2D eigenvalue weighted by Gasteiger charge is -2.21. The average Bonchev–Trinajstić information content (AvgIpc) is 2.33. The van der Waals surface area contributed by atoms with Crippen molar-refractivity contribution in [2.24, 2.45) is 0 Å². The van der Waals surface area contributed by atoms with Crippen LogP contribution in [-0.4, -0.2) is 49.2 Å². The van der Waals surface area contributed by atoms with Crippen molar-refractivity contribution in [3.8, 4) is 0 Å². The molecule has 0 amide bonds. The molecular weight excluding hydrogens is 334 g/mol. The molecule has 0 radical (unpaired) electrons. The summed E-state index contributed by atoms with van der Waals surface area (Å²) >= 11 is 3.32. The zero-order chi connectivity index (χ0) is 14.6. The van der Waals surface area contributed by atoms with Crippen LogP contribution < -0.4 is 0 Å². The van der Waals surface area contributed by atoms with Gasteiger partial charge in [-0.3, -0.25) is 0 Å². The highest BCUT2D eigenvalue weighted by molar-refractivity contribution is 9.10. The molecule has 0 saturated heterocycles. The monoisotopic (exact) mass is 351 g/mol. The minimum Gasteiger partial charge on any atom is -0.395 e. The van der Waals surface area contributed by atoms with Crippen molar-refractivity contribution in [1.29, 1.82) is 0 Å². The lowest BCUT2D eigenvalue weighted by molar-refractivity contribution is 0.217. The molecule has 0 aliphatic heterocycles. The molecule has 0 aliphatic carbocycles. The van der Waals surface area contributed by atoms with Gasteiger partial charge in [0.15, 0.2) is 0 Å². The van der Waals surface area contributed by atoms with Crippen molar-refractivity contribution >= 4 is 26.0 Å². The molecule has 1 rings (SSSR count). The number of hydrogen-bond donors (Lipinski definition) is 2. The summed E-state index contributed by atoms with van der Waals surface area (Å²) in [6.07, 6.45) is 0. The Bertz CT molecular complexity index is 539. The molecule has 0 fully saturated rings. The van der Waals surface area contributed by atoms with E-state index in [1.807, 2.05) is 6.92 Å². The summed E-state index contributed by atoms with van der Waals surface area (Å²) in [5.74, 6) is 0. The van der Waals surface area contributed by atoms with E-state index in [9.17, 15) is 8.42 Å². The zero-order valence-electron chi connectivity index (χ0n) is 10.9. The molecule has 1 aromatic rings. The Morgan fingerprint density at radius 3 is 2.11 bits per heavy atom. The van der Waals surface area contributed by atoms with Gasteiger partial charge in [0, 0.05) is 17.6 Å². The fourth-order valence-electron chi connectivity index (χ4n) is 1.80. The van der Waals surface area contributed by atoms with E-state index in [-0.39, 0.29) is 31.2 Å². The first-order valence-corrected chi connectivity index (χ1v) is 8.06. The Kier molecular flexibility index (Phi) is 5.94. The number of aliphatic hydroxyl groups is 2. The Morgan fingerprint density at radius 2 is 1.63 bits per heavy atom. The van der Waals surface area contributed by atoms with E-state index < -0.39 is 10.0 Å². The van der Waals surface area contributed by atoms with Gasteiger partial charge in [-0.2, -0.15) is 4.31 Å². The van der Waals surface area contributed by atoms with E-state index >= 15 is 0 Å². The molecule has 0 atom stereocenters. The number of sulfonamides is 1. The first-order chi connectivity index (χ1) is 8.84. The predicted molar refractivity (Wildman–Crippen MR) is 76.5 cm³/mol. The number of rotatable bonds is 6. The van der Waals surface area contributed by atoms with Gasteiger partial charge in [-0.15, -0.1) is 0 Å². The second kappa shape index (κ2) is 6.81. The van der Waals surface area contributed by atoms with Crippen molar-refractivity contribution in [2.75, 3.05) is 26.3 Å². The molecule has 0 saturated carbocycles. The van der Waals surface area contributed by atoms with Gasteiger partial charge in [0.1, 0.15) is 0 Å². The summed E-state index contributed by atoms with van der Waals surface area (Å²) in [5.41, 5.74) is 1.59. The third-order valence-corrected chi connectivity index (χ3v) is 5.67. The van der Waals surface area contributed by atoms with Crippen LogP contribution >= 0.6 is 15.9 Å². The molecule has 0 spiro atoms. The van der Waals surface area contributed by atoms with E-state index in [1.165, 1.54) is 0 Å². The van der Waals surface area contributed by atoms with Gasteiger partial charge in [0.25, 0.3) is 0 Å². The standard InChI is InChI=1S/C12H18BrNO4S/c1-9-7-10(2)12(8-11(9)13)19(17,18)14(3-5-15)4-6-16/h7-8,15-16H,3-6H2,1-2H3. The Hall–Kier alpha value is -0.470. The minimum absolute atomic E-state index is 0.0339. The van der Waals surface area contributed by atoms with Crippen molar-refractivity contribution in [3.63, 3.8) is 0 Å². The molecule has 0 aliphatic rings. The smallest absolute Gasteiger partial charge is 0.243 e. The van der Waals surface area contributed by atoms with E-state index in [2.05, 4.69) is 15.9 Å². The highest BCUT2D eigenvalue weighted by atomic mass is 79.9.